The average Bonchev–Trinajstić information content (AvgIpc) is 2.46. The number of rotatable bonds is 5. The number of nitrogens with zero attached hydrogens (tertiary/aromatic N) is 1. The predicted octanol–water partition coefficient (Wildman–Crippen LogP) is 3.54. The van der Waals surface area contributed by atoms with Crippen LogP contribution in [-0.4, -0.2) is 10.8 Å². The second-order valence-electron chi connectivity index (χ2n) is 4.28. The van der Waals surface area contributed by atoms with Gasteiger partial charge in [-0.25, -0.2) is 0 Å². The van der Waals surface area contributed by atoms with Crippen molar-refractivity contribution in [2.24, 2.45) is 5.73 Å². The van der Waals surface area contributed by atoms with E-state index >= 15 is 0 Å². The summed E-state index contributed by atoms with van der Waals surface area (Å²) < 4.78 is 5.49. The first-order valence-corrected chi connectivity index (χ1v) is 6.53. The maximum atomic E-state index is 11.2. The van der Waals surface area contributed by atoms with E-state index in [9.17, 15) is 14.9 Å². The maximum Gasteiger partial charge on any atom is 0.312 e. The Hall–Kier alpha value is -2.86. The van der Waals surface area contributed by atoms with E-state index in [1.807, 2.05) is 0 Å². The van der Waals surface area contributed by atoms with Gasteiger partial charge in [0.05, 0.1) is 4.92 Å². The molecule has 0 aromatic heterocycles. The number of halogens is 1. The number of hydrogen-bond acceptors (Lipinski definition) is 4. The van der Waals surface area contributed by atoms with E-state index in [2.05, 4.69) is 0 Å². The van der Waals surface area contributed by atoms with Crippen LogP contribution in [0.5, 0.6) is 11.5 Å². The van der Waals surface area contributed by atoms with Gasteiger partial charge in [-0.15, -0.1) is 0 Å². The van der Waals surface area contributed by atoms with Gasteiger partial charge in [0, 0.05) is 17.2 Å². The fourth-order valence-corrected chi connectivity index (χ4v) is 1.88. The molecule has 0 bridgehead atoms. The molecule has 2 N–H and O–H groups in total. The summed E-state index contributed by atoms with van der Waals surface area (Å²) >= 11 is 5.84. The molecule has 0 unspecified atom stereocenters. The molecule has 0 aliphatic heterocycles. The molecule has 0 radical (unpaired) electrons. The monoisotopic (exact) mass is 318 g/mol. The van der Waals surface area contributed by atoms with Crippen LogP contribution in [-0.2, 0) is 4.79 Å². The van der Waals surface area contributed by atoms with Crippen LogP contribution in [0.3, 0.4) is 0 Å². The molecule has 6 nitrogen and oxygen atoms in total. The lowest BCUT2D eigenvalue weighted by Gasteiger charge is -2.07. The van der Waals surface area contributed by atoms with Crippen molar-refractivity contribution < 1.29 is 14.5 Å². The van der Waals surface area contributed by atoms with Crippen molar-refractivity contribution in [3.63, 3.8) is 0 Å². The van der Waals surface area contributed by atoms with Gasteiger partial charge in [0.1, 0.15) is 5.75 Å². The third kappa shape index (κ3) is 4.07. The lowest BCUT2D eigenvalue weighted by molar-refractivity contribution is -0.385. The van der Waals surface area contributed by atoms with Crippen LogP contribution in [0, 0.1) is 10.1 Å². The standard InChI is InChI=1S/C15H11ClN2O4/c16-11-2-1-3-12(9-11)22-14-6-4-10(5-7-15(17)19)8-13(14)18(20)21/h1-9H,(H2,17,19)/b7-5+. The third-order valence-corrected chi connectivity index (χ3v) is 2.88. The van der Waals surface area contributed by atoms with E-state index in [0.717, 1.165) is 6.08 Å². The molecule has 1 amide bonds. The number of primary amides is 1. The number of nitro benzene ring substituents is 1. The minimum atomic E-state index is -0.637. The van der Waals surface area contributed by atoms with Crippen LogP contribution in [0.15, 0.2) is 48.5 Å². The molecular weight excluding hydrogens is 308 g/mol. The molecule has 2 aromatic rings. The van der Waals surface area contributed by atoms with Crippen molar-refractivity contribution in [1.29, 1.82) is 0 Å². The van der Waals surface area contributed by atoms with E-state index in [1.54, 1.807) is 30.3 Å². The first kappa shape index (κ1) is 15.5. The Labute approximate surface area is 130 Å². The zero-order chi connectivity index (χ0) is 16.1. The van der Waals surface area contributed by atoms with Crippen LogP contribution >= 0.6 is 11.6 Å². The highest BCUT2D eigenvalue weighted by atomic mass is 35.5. The van der Waals surface area contributed by atoms with Gasteiger partial charge in [-0.2, -0.15) is 0 Å². The second-order valence-corrected chi connectivity index (χ2v) is 4.72. The summed E-state index contributed by atoms with van der Waals surface area (Å²) in [6.07, 6.45) is 2.51. The first-order valence-electron chi connectivity index (χ1n) is 6.15. The molecule has 112 valence electrons. The molecular formula is C15H11ClN2O4. The summed E-state index contributed by atoms with van der Waals surface area (Å²) in [7, 11) is 0. The van der Waals surface area contributed by atoms with Crippen molar-refractivity contribution in [3.8, 4) is 11.5 Å². The molecule has 0 spiro atoms. The lowest BCUT2D eigenvalue weighted by atomic mass is 10.1. The van der Waals surface area contributed by atoms with Gasteiger partial charge in [-0.1, -0.05) is 23.7 Å². The fourth-order valence-electron chi connectivity index (χ4n) is 1.70. The van der Waals surface area contributed by atoms with Crippen molar-refractivity contribution in [2.45, 2.75) is 0 Å². The number of carbonyl (C=O) groups excluding carboxylic acids is 1. The number of carbonyl (C=O) groups is 1. The van der Waals surface area contributed by atoms with E-state index in [4.69, 9.17) is 22.1 Å². The summed E-state index contributed by atoms with van der Waals surface area (Å²) in [5, 5.41) is 11.6. The minimum absolute atomic E-state index is 0.0727. The normalized spacial score (nSPS) is 10.6. The molecule has 0 saturated heterocycles. The molecule has 0 heterocycles. The number of benzene rings is 2. The van der Waals surface area contributed by atoms with E-state index in [1.165, 1.54) is 18.2 Å². The minimum Gasteiger partial charge on any atom is -0.450 e. The van der Waals surface area contributed by atoms with Gasteiger partial charge in [0.25, 0.3) is 0 Å². The summed E-state index contributed by atoms with van der Waals surface area (Å²) in [6.45, 7) is 0. The number of nitro groups is 1. The third-order valence-electron chi connectivity index (χ3n) is 2.64. The highest BCUT2D eigenvalue weighted by Crippen LogP contribution is 2.33. The number of amides is 1. The Bertz CT molecular complexity index is 759. The molecule has 2 aromatic carbocycles. The molecule has 0 saturated carbocycles. The van der Waals surface area contributed by atoms with E-state index in [-0.39, 0.29) is 11.4 Å². The highest BCUT2D eigenvalue weighted by molar-refractivity contribution is 6.30. The Balaban J connectivity index is 2.35. The van der Waals surface area contributed by atoms with Crippen LogP contribution in [0.25, 0.3) is 6.08 Å². The Morgan fingerprint density at radius 1 is 1.27 bits per heavy atom. The summed E-state index contributed by atoms with van der Waals surface area (Å²) in [5.74, 6) is -0.179. The smallest absolute Gasteiger partial charge is 0.312 e. The van der Waals surface area contributed by atoms with Crippen LogP contribution < -0.4 is 10.5 Å². The van der Waals surface area contributed by atoms with Gasteiger partial charge in [0.15, 0.2) is 0 Å². The number of ether oxygens (including phenoxy) is 1. The topological polar surface area (TPSA) is 95.5 Å². The van der Waals surface area contributed by atoms with Gasteiger partial charge >= 0.3 is 5.69 Å². The van der Waals surface area contributed by atoms with Crippen LogP contribution in [0.2, 0.25) is 5.02 Å². The second kappa shape index (κ2) is 6.73. The van der Waals surface area contributed by atoms with E-state index < -0.39 is 10.8 Å². The fraction of sp³-hybridized carbons (Fsp3) is 0. The van der Waals surface area contributed by atoms with Crippen molar-refractivity contribution in [1.82, 2.24) is 0 Å². The lowest BCUT2D eigenvalue weighted by Crippen LogP contribution is -2.05. The van der Waals surface area contributed by atoms with Crippen molar-refractivity contribution in [3.05, 3.63) is 69.2 Å². The molecule has 0 aliphatic rings. The molecule has 0 fully saturated rings. The Morgan fingerprint density at radius 3 is 2.68 bits per heavy atom. The van der Waals surface area contributed by atoms with E-state index in [0.29, 0.717) is 16.3 Å². The molecule has 0 atom stereocenters. The van der Waals surface area contributed by atoms with Gasteiger partial charge in [-0.05, 0) is 35.9 Å². The van der Waals surface area contributed by atoms with Crippen LogP contribution in [0.1, 0.15) is 5.56 Å². The average molecular weight is 319 g/mol. The predicted molar refractivity (Wildman–Crippen MR) is 82.9 cm³/mol. The summed E-state index contributed by atoms with van der Waals surface area (Å²) in [5.41, 5.74) is 5.22. The molecule has 0 aliphatic carbocycles. The van der Waals surface area contributed by atoms with Gasteiger partial charge in [-0.3, -0.25) is 14.9 Å². The zero-order valence-corrected chi connectivity index (χ0v) is 12.0. The van der Waals surface area contributed by atoms with Gasteiger partial charge < -0.3 is 10.5 Å². The first-order chi connectivity index (χ1) is 10.5. The van der Waals surface area contributed by atoms with Gasteiger partial charge in [0.2, 0.25) is 11.7 Å². The maximum absolute atomic E-state index is 11.2. The largest absolute Gasteiger partial charge is 0.450 e. The zero-order valence-electron chi connectivity index (χ0n) is 11.2. The van der Waals surface area contributed by atoms with Crippen molar-refractivity contribution >= 4 is 29.3 Å². The Morgan fingerprint density at radius 2 is 2.05 bits per heavy atom. The molecule has 22 heavy (non-hydrogen) atoms. The quantitative estimate of drug-likeness (QED) is 0.518. The molecule has 2 rings (SSSR count). The summed E-state index contributed by atoms with van der Waals surface area (Å²) in [6, 6.07) is 10.8. The van der Waals surface area contributed by atoms with Crippen LogP contribution in [0.4, 0.5) is 5.69 Å². The highest BCUT2D eigenvalue weighted by Gasteiger charge is 2.16. The Kier molecular flexibility index (Phi) is 4.75. The number of hydrogen-bond donors (Lipinski definition) is 1. The van der Waals surface area contributed by atoms with Crippen molar-refractivity contribution in [2.75, 3.05) is 0 Å². The number of nitrogens with two attached hydrogens (primary N) is 1. The molecule has 7 heteroatoms. The summed E-state index contributed by atoms with van der Waals surface area (Å²) in [4.78, 5) is 21.3. The SMILES string of the molecule is NC(=O)/C=C/c1ccc(Oc2cccc(Cl)c2)c([N+](=O)[O-])c1.